The number of nitriles is 1. The van der Waals surface area contributed by atoms with Crippen LogP contribution in [0, 0.1) is 22.7 Å². The number of thiazole rings is 1. The number of aryl methyl sites for hydroxylation is 1. The predicted molar refractivity (Wildman–Crippen MR) is 110 cm³/mol. The zero-order valence-corrected chi connectivity index (χ0v) is 17.5. The first-order valence-corrected chi connectivity index (χ1v) is 11.0. The molecule has 0 bridgehead atoms. The number of thioether (sulfide) groups is 1. The highest BCUT2D eigenvalue weighted by Gasteiger charge is 2.32. The molecular weight excluding hydrogens is 376 g/mol. The molecule has 1 aliphatic carbocycles. The second kappa shape index (κ2) is 8.41. The van der Waals surface area contributed by atoms with E-state index in [0.717, 1.165) is 31.4 Å². The van der Waals surface area contributed by atoms with Gasteiger partial charge in [0.25, 0.3) is 0 Å². The summed E-state index contributed by atoms with van der Waals surface area (Å²) in [7, 11) is 0. The standard InChI is InChI=1S/C20H24N4OS2/c1-4-20(2,3)15-5-6-16-13(10-15)9-14(11-21)18(23-16)27-12-17(25)24-19-22-7-8-26-19/h7-9,15H,4-6,10,12H2,1-3H3,(H,22,24,25). The molecule has 27 heavy (non-hydrogen) atoms. The Morgan fingerprint density at radius 1 is 1.52 bits per heavy atom. The first-order valence-electron chi connectivity index (χ1n) is 9.18. The summed E-state index contributed by atoms with van der Waals surface area (Å²) < 4.78 is 0. The Kier molecular flexibility index (Phi) is 6.18. The summed E-state index contributed by atoms with van der Waals surface area (Å²) in [5, 5.41) is 15.4. The number of nitrogens with one attached hydrogen (secondary N) is 1. The van der Waals surface area contributed by atoms with Crippen molar-refractivity contribution in [3.8, 4) is 6.07 Å². The number of hydrogen-bond donors (Lipinski definition) is 1. The van der Waals surface area contributed by atoms with Gasteiger partial charge in [-0.25, -0.2) is 9.97 Å². The van der Waals surface area contributed by atoms with E-state index in [4.69, 9.17) is 4.98 Å². The van der Waals surface area contributed by atoms with Gasteiger partial charge in [-0.15, -0.1) is 11.3 Å². The van der Waals surface area contributed by atoms with Crippen LogP contribution in [0.3, 0.4) is 0 Å². The van der Waals surface area contributed by atoms with Gasteiger partial charge in [-0.2, -0.15) is 5.26 Å². The summed E-state index contributed by atoms with van der Waals surface area (Å²) >= 11 is 2.70. The van der Waals surface area contributed by atoms with Gasteiger partial charge in [0, 0.05) is 17.3 Å². The van der Waals surface area contributed by atoms with Crippen LogP contribution < -0.4 is 5.32 Å². The molecule has 3 rings (SSSR count). The number of anilines is 1. The van der Waals surface area contributed by atoms with E-state index in [0.29, 0.717) is 27.1 Å². The molecule has 2 aromatic rings. The van der Waals surface area contributed by atoms with Crippen LogP contribution in [0.4, 0.5) is 5.13 Å². The first kappa shape index (κ1) is 19.8. The van der Waals surface area contributed by atoms with Gasteiger partial charge in [0.1, 0.15) is 11.1 Å². The third-order valence-electron chi connectivity index (χ3n) is 5.51. The van der Waals surface area contributed by atoms with Crippen LogP contribution in [0.25, 0.3) is 0 Å². The number of aromatic nitrogens is 2. The minimum absolute atomic E-state index is 0.136. The van der Waals surface area contributed by atoms with Crippen LogP contribution in [0.5, 0.6) is 0 Å². The Balaban J connectivity index is 1.71. The van der Waals surface area contributed by atoms with Crippen molar-refractivity contribution in [1.82, 2.24) is 9.97 Å². The summed E-state index contributed by atoms with van der Waals surface area (Å²) in [6, 6.07) is 4.24. The smallest absolute Gasteiger partial charge is 0.236 e. The fourth-order valence-corrected chi connectivity index (χ4v) is 4.69. The molecule has 0 fully saturated rings. The first-order chi connectivity index (χ1) is 12.9. The molecule has 0 saturated heterocycles. The number of nitrogens with zero attached hydrogens (tertiary/aromatic N) is 3. The molecule has 1 aliphatic rings. The maximum atomic E-state index is 12.1. The second-order valence-corrected chi connectivity index (χ2v) is 9.37. The number of hydrogen-bond acceptors (Lipinski definition) is 6. The zero-order valence-electron chi connectivity index (χ0n) is 15.9. The van der Waals surface area contributed by atoms with Gasteiger partial charge in [0.05, 0.1) is 11.3 Å². The average Bonchev–Trinajstić information content (AvgIpc) is 3.18. The van der Waals surface area contributed by atoms with Gasteiger partial charge in [0.15, 0.2) is 5.13 Å². The fourth-order valence-electron chi connectivity index (χ4n) is 3.37. The van der Waals surface area contributed by atoms with Crippen molar-refractivity contribution in [2.24, 2.45) is 11.3 Å². The molecule has 0 saturated carbocycles. The summed E-state index contributed by atoms with van der Waals surface area (Å²) in [6.45, 7) is 6.89. The maximum Gasteiger partial charge on any atom is 0.236 e. The Labute approximate surface area is 168 Å². The van der Waals surface area contributed by atoms with E-state index in [2.05, 4.69) is 37.1 Å². The lowest BCUT2D eigenvalue weighted by Gasteiger charge is -2.37. The molecule has 142 valence electrons. The van der Waals surface area contributed by atoms with E-state index in [1.165, 1.54) is 28.7 Å². The molecule has 2 aromatic heterocycles. The van der Waals surface area contributed by atoms with E-state index in [1.54, 1.807) is 6.20 Å². The second-order valence-electron chi connectivity index (χ2n) is 7.51. The van der Waals surface area contributed by atoms with Crippen LogP contribution in [-0.4, -0.2) is 21.6 Å². The Morgan fingerprint density at radius 2 is 2.33 bits per heavy atom. The molecule has 7 heteroatoms. The number of amides is 1. The molecule has 0 aromatic carbocycles. The van der Waals surface area contributed by atoms with Crippen molar-refractivity contribution >= 4 is 34.1 Å². The lowest BCUT2D eigenvalue weighted by atomic mass is 9.69. The van der Waals surface area contributed by atoms with Crippen molar-refractivity contribution in [1.29, 1.82) is 5.26 Å². The molecule has 1 unspecified atom stereocenters. The van der Waals surface area contributed by atoms with Gasteiger partial charge >= 0.3 is 0 Å². The minimum atomic E-state index is -0.136. The van der Waals surface area contributed by atoms with Crippen molar-refractivity contribution in [2.45, 2.75) is 51.5 Å². The minimum Gasteiger partial charge on any atom is -0.301 e. The van der Waals surface area contributed by atoms with Crippen LogP contribution in [0.2, 0.25) is 0 Å². The van der Waals surface area contributed by atoms with Crippen LogP contribution in [0.15, 0.2) is 22.7 Å². The van der Waals surface area contributed by atoms with E-state index in [9.17, 15) is 10.1 Å². The van der Waals surface area contributed by atoms with Crippen LogP contribution in [-0.2, 0) is 17.6 Å². The number of pyridine rings is 1. The van der Waals surface area contributed by atoms with E-state index < -0.39 is 0 Å². The number of carbonyl (C=O) groups excluding carboxylic acids is 1. The molecule has 1 atom stereocenters. The molecule has 5 nitrogen and oxygen atoms in total. The highest BCUT2D eigenvalue weighted by atomic mass is 32.2. The quantitative estimate of drug-likeness (QED) is 0.712. The number of rotatable bonds is 6. The van der Waals surface area contributed by atoms with Gasteiger partial charge in [-0.3, -0.25) is 4.79 Å². The molecular formula is C20H24N4OS2. The van der Waals surface area contributed by atoms with E-state index >= 15 is 0 Å². The lowest BCUT2D eigenvalue weighted by Crippen LogP contribution is -2.29. The number of carbonyl (C=O) groups is 1. The van der Waals surface area contributed by atoms with Gasteiger partial charge in [-0.05, 0) is 42.2 Å². The van der Waals surface area contributed by atoms with Crippen molar-refractivity contribution in [3.05, 3.63) is 34.5 Å². The van der Waals surface area contributed by atoms with Gasteiger partial charge < -0.3 is 5.32 Å². The van der Waals surface area contributed by atoms with Crippen molar-refractivity contribution in [2.75, 3.05) is 11.1 Å². The molecule has 0 aliphatic heterocycles. The van der Waals surface area contributed by atoms with Crippen molar-refractivity contribution < 1.29 is 4.79 Å². The van der Waals surface area contributed by atoms with E-state index in [1.807, 2.05) is 11.4 Å². The summed E-state index contributed by atoms with van der Waals surface area (Å²) in [4.78, 5) is 20.9. The topological polar surface area (TPSA) is 78.7 Å². The van der Waals surface area contributed by atoms with E-state index in [-0.39, 0.29) is 11.7 Å². The Morgan fingerprint density at radius 3 is 3.00 bits per heavy atom. The maximum absolute atomic E-state index is 12.1. The summed E-state index contributed by atoms with van der Waals surface area (Å²) in [5.74, 6) is 0.694. The number of fused-ring (bicyclic) bond motifs is 1. The average molecular weight is 401 g/mol. The van der Waals surface area contributed by atoms with Gasteiger partial charge in [0.2, 0.25) is 5.91 Å². The lowest BCUT2D eigenvalue weighted by molar-refractivity contribution is -0.113. The highest BCUT2D eigenvalue weighted by molar-refractivity contribution is 8.00. The van der Waals surface area contributed by atoms with Gasteiger partial charge in [-0.1, -0.05) is 39.0 Å². The monoisotopic (exact) mass is 400 g/mol. The summed E-state index contributed by atoms with van der Waals surface area (Å²) in [6.07, 6.45) is 5.84. The Hall–Kier alpha value is -1.91. The molecule has 0 radical (unpaired) electrons. The Bertz CT molecular complexity index is 856. The largest absolute Gasteiger partial charge is 0.301 e. The normalized spacial score (nSPS) is 16.4. The van der Waals surface area contributed by atoms with Crippen molar-refractivity contribution in [3.63, 3.8) is 0 Å². The zero-order chi connectivity index (χ0) is 19.4. The molecule has 1 N–H and O–H groups in total. The molecule has 2 heterocycles. The van der Waals surface area contributed by atoms with Crippen LogP contribution in [0.1, 0.15) is 50.4 Å². The third-order valence-corrected chi connectivity index (χ3v) is 7.19. The molecule has 1 amide bonds. The van der Waals surface area contributed by atoms with Crippen LogP contribution >= 0.6 is 23.1 Å². The predicted octanol–water partition coefficient (Wildman–Crippen LogP) is 4.68. The fraction of sp³-hybridized carbons (Fsp3) is 0.500. The molecule has 0 spiro atoms. The third kappa shape index (κ3) is 4.69. The summed E-state index contributed by atoms with van der Waals surface area (Å²) in [5.41, 5.74) is 3.14. The SMILES string of the molecule is CCC(C)(C)C1CCc2nc(SCC(=O)Nc3nccs3)c(C#N)cc2C1. The highest BCUT2D eigenvalue weighted by Crippen LogP contribution is 2.40.